The number of hydrogen-bond donors (Lipinski definition) is 0. The van der Waals surface area contributed by atoms with E-state index in [1.165, 1.54) is 96.3 Å². The average Bonchev–Trinajstić information content (AvgIpc) is 2.66. The van der Waals surface area contributed by atoms with E-state index in [1.54, 1.807) is 31.1 Å². The van der Waals surface area contributed by atoms with Gasteiger partial charge in [-0.05, 0) is 0 Å². The molecular weight excluding hydrogens is 479 g/mol. The van der Waals surface area contributed by atoms with Gasteiger partial charge in [0.1, 0.15) is 0 Å². The van der Waals surface area contributed by atoms with Crippen LogP contribution in [0.3, 0.4) is 0 Å². The molecule has 0 aliphatic rings. The van der Waals surface area contributed by atoms with E-state index < -0.39 is 7.26 Å². The van der Waals surface area contributed by atoms with Gasteiger partial charge in [-0.25, -0.2) is 0 Å². The van der Waals surface area contributed by atoms with Crippen molar-refractivity contribution in [2.75, 3.05) is 24.6 Å². The minimum Gasteiger partial charge on any atom is -0.0765 e. The molecule has 0 aromatic rings. The van der Waals surface area contributed by atoms with Crippen molar-refractivity contribution < 1.29 is 0 Å². The van der Waals surface area contributed by atoms with Crippen molar-refractivity contribution >= 4 is 39.1 Å². The van der Waals surface area contributed by atoms with Gasteiger partial charge in [0.15, 0.2) is 0 Å². The van der Waals surface area contributed by atoms with E-state index >= 15 is 0 Å². The van der Waals surface area contributed by atoms with Crippen molar-refractivity contribution in [3.8, 4) is 0 Å². The molecule has 0 saturated heterocycles. The topological polar surface area (TPSA) is 0 Å². The molecule has 0 spiro atoms. The van der Waals surface area contributed by atoms with Crippen LogP contribution < -0.4 is 0 Å². The Morgan fingerprint density at radius 3 is 1.19 bits per heavy atom. The number of halogens is 2. The van der Waals surface area contributed by atoms with Crippen LogP contribution in [0.2, 0.25) is 0 Å². The van der Waals surface area contributed by atoms with Gasteiger partial charge in [-0.1, -0.05) is 31.9 Å². The third-order valence-electron chi connectivity index (χ3n) is 6.31. The van der Waals surface area contributed by atoms with E-state index in [0.29, 0.717) is 3.74 Å². The molecule has 0 unspecified atom stereocenters. The van der Waals surface area contributed by atoms with Gasteiger partial charge in [0.2, 0.25) is 0 Å². The van der Waals surface area contributed by atoms with Crippen molar-refractivity contribution in [2.45, 2.75) is 127 Å². The van der Waals surface area contributed by atoms with Crippen molar-refractivity contribution in [1.82, 2.24) is 0 Å². The summed E-state index contributed by atoms with van der Waals surface area (Å²) in [5.41, 5.74) is 0. The zero-order valence-corrected chi connectivity index (χ0v) is 23.1. The van der Waals surface area contributed by atoms with Gasteiger partial charge < -0.3 is 0 Å². The average molecular weight is 530 g/mol. The van der Waals surface area contributed by atoms with Gasteiger partial charge >= 0.3 is 159 Å². The fourth-order valence-corrected chi connectivity index (χ4v) is 10.9. The number of unbranched alkanes of at least 4 members (excludes halogenated alkanes) is 11. The smallest absolute Gasteiger partial charge is 0.0765 e. The second kappa shape index (κ2) is 20.7. The molecule has 0 aliphatic carbocycles. The molecule has 0 bridgehead atoms. The molecule has 3 heteroatoms. The molecule has 0 aromatic carbocycles. The van der Waals surface area contributed by atoms with Crippen LogP contribution in [0, 0.1) is 0 Å². The first-order valence-corrected chi connectivity index (χ1v) is 17.0. The Morgan fingerprint density at radius 2 is 0.815 bits per heavy atom. The van der Waals surface area contributed by atoms with Crippen LogP contribution in [0.25, 0.3) is 0 Å². The van der Waals surface area contributed by atoms with Gasteiger partial charge in [0.05, 0.1) is 0 Å². The zero-order chi connectivity index (χ0) is 20.2. The van der Waals surface area contributed by atoms with Crippen LogP contribution in [0.4, 0.5) is 0 Å². The molecular formula is C24H51Br2P. The fourth-order valence-electron chi connectivity index (χ4n) is 4.44. The molecule has 0 nitrogen and oxygen atoms in total. The minimum absolute atomic E-state index is 0.521. The molecule has 0 N–H and O–H groups in total. The number of hydrogen-bond acceptors (Lipinski definition) is 0. The first kappa shape index (κ1) is 28.4. The summed E-state index contributed by atoms with van der Waals surface area (Å²) in [6.45, 7) is 7.16. The molecule has 0 saturated carbocycles. The van der Waals surface area contributed by atoms with Crippen LogP contribution in [0.5, 0.6) is 0 Å². The van der Waals surface area contributed by atoms with Crippen LogP contribution in [-0.4, -0.2) is 28.4 Å². The molecule has 0 heterocycles. The molecule has 0 aromatic heterocycles. The van der Waals surface area contributed by atoms with Crippen LogP contribution >= 0.6 is 39.1 Å². The summed E-state index contributed by atoms with van der Waals surface area (Å²) in [6.07, 6.45) is 29.7. The van der Waals surface area contributed by atoms with E-state index in [-0.39, 0.29) is 0 Å². The zero-order valence-electron chi connectivity index (χ0n) is 19.0. The predicted octanol–water partition coefficient (Wildman–Crippen LogP) is 10.2. The normalized spacial score (nSPS) is 12.8. The Kier molecular flexibility index (Phi) is 21.7. The standard InChI is InChI=1S/C24H51Br2P/c1-4-7-20-27(21-8-5-2,22-9-6-3)23-18-16-14-12-10-11-13-15-17-19-24(25)26/h24,27H,4-23H2,1-3H3. The van der Waals surface area contributed by atoms with Gasteiger partial charge in [0.25, 0.3) is 0 Å². The first-order valence-electron chi connectivity index (χ1n) is 12.4. The van der Waals surface area contributed by atoms with E-state index in [9.17, 15) is 0 Å². The van der Waals surface area contributed by atoms with Crippen molar-refractivity contribution in [3.05, 3.63) is 0 Å². The molecule has 0 radical (unpaired) electrons. The van der Waals surface area contributed by atoms with Crippen LogP contribution in [-0.2, 0) is 0 Å². The summed E-state index contributed by atoms with van der Waals surface area (Å²) in [5, 5.41) is 0. The summed E-state index contributed by atoms with van der Waals surface area (Å²) in [6, 6.07) is 0. The molecule has 166 valence electrons. The van der Waals surface area contributed by atoms with E-state index in [4.69, 9.17) is 0 Å². The maximum absolute atomic E-state index is 3.57. The second-order valence-corrected chi connectivity index (χ2v) is 17.4. The van der Waals surface area contributed by atoms with Crippen molar-refractivity contribution in [1.29, 1.82) is 0 Å². The Balaban J connectivity index is 3.92. The minimum atomic E-state index is -0.966. The Hall–Kier alpha value is 1.39. The first-order chi connectivity index (χ1) is 13.1. The molecule has 0 amide bonds. The summed E-state index contributed by atoms with van der Waals surface area (Å²) < 4.78 is 0.521. The van der Waals surface area contributed by atoms with E-state index in [0.717, 1.165) is 0 Å². The predicted molar refractivity (Wildman–Crippen MR) is 140 cm³/mol. The molecule has 0 aliphatic heterocycles. The molecule has 27 heavy (non-hydrogen) atoms. The quantitative estimate of drug-likeness (QED) is 0.0787. The Morgan fingerprint density at radius 1 is 0.481 bits per heavy atom. The Bertz CT molecular complexity index is 272. The van der Waals surface area contributed by atoms with Crippen molar-refractivity contribution in [3.63, 3.8) is 0 Å². The van der Waals surface area contributed by atoms with Gasteiger partial charge in [-0.15, -0.1) is 0 Å². The molecule has 0 atom stereocenters. The summed E-state index contributed by atoms with van der Waals surface area (Å²) in [4.78, 5) is 0. The monoisotopic (exact) mass is 528 g/mol. The van der Waals surface area contributed by atoms with E-state index in [2.05, 4.69) is 52.6 Å². The summed E-state index contributed by atoms with van der Waals surface area (Å²) >= 11 is 7.13. The van der Waals surface area contributed by atoms with Crippen molar-refractivity contribution in [2.24, 2.45) is 0 Å². The number of alkyl halides is 2. The fraction of sp³-hybridized carbons (Fsp3) is 1.00. The molecule has 0 rings (SSSR count). The third kappa shape index (κ3) is 17.9. The SMILES string of the molecule is CCCC[PH](CCCC)(CCCC)CCCCCCCCCCCC(Br)Br. The van der Waals surface area contributed by atoms with E-state index in [1.807, 2.05) is 0 Å². The summed E-state index contributed by atoms with van der Waals surface area (Å²) in [7, 11) is -0.966. The number of rotatable bonds is 21. The third-order valence-corrected chi connectivity index (χ3v) is 12.9. The van der Waals surface area contributed by atoms with Crippen LogP contribution in [0.1, 0.15) is 124 Å². The van der Waals surface area contributed by atoms with Gasteiger partial charge in [0, 0.05) is 0 Å². The van der Waals surface area contributed by atoms with Gasteiger partial charge in [-0.3, -0.25) is 0 Å². The maximum atomic E-state index is 3.57. The second-order valence-electron chi connectivity index (χ2n) is 8.92. The molecule has 0 fully saturated rings. The summed E-state index contributed by atoms with van der Waals surface area (Å²) in [5.74, 6) is 0. The Labute approximate surface area is 190 Å². The van der Waals surface area contributed by atoms with Crippen LogP contribution in [0.15, 0.2) is 0 Å². The van der Waals surface area contributed by atoms with Gasteiger partial charge in [-0.2, -0.15) is 0 Å².